The van der Waals surface area contributed by atoms with Gasteiger partial charge in [-0.1, -0.05) is 36.8 Å². The smallest absolute Gasteiger partial charge is 0.0703 e. The van der Waals surface area contributed by atoms with Gasteiger partial charge in [0.2, 0.25) is 0 Å². The van der Waals surface area contributed by atoms with Gasteiger partial charge < -0.3 is 5.32 Å². The van der Waals surface area contributed by atoms with Crippen molar-refractivity contribution in [1.82, 2.24) is 4.98 Å². The number of hydrogen-bond acceptors (Lipinski definition) is 2. The number of hydrogen-bond donors (Lipinski definition) is 1. The monoisotopic (exact) mass is 266 g/mol. The number of benzene rings is 1. The molecule has 3 rings (SSSR count). The fraction of sp³-hybridized carbons (Fsp3) is 0.389. The minimum atomic E-state index is 0.713. The Hall–Kier alpha value is -1.83. The molecular weight excluding hydrogens is 244 g/mol. The molecule has 1 heterocycles. The van der Waals surface area contributed by atoms with Crippen molar-refractivity contribution in [2.45, 2.75) is 26.7 Å². The molecule has 2 nitrogen and oxygen atoms in total. The van der Waals surface area contributed by atoms with Gasteiger partial charge in [0.15, 0.2) is 0 Å². The summed E-state index contributed by atoms with van der Waals surface area (Å²) in [5.74, 6) is 1.45. The maximum Gasteiger partial charge on any atom is 0.0703 e. The number of anilines is 1. The molecule has 2 atom stereocenters. The van der Waals surface area contributed by atoms with Crippen LogP contribution in [0.3, 0.4) is 0 Å². The zero-order valence-electron chi connectivity index (χ0n) is 12.3. The lowest BCUT2D eigenvalue weighted by atomic mass is 9.84. The van der Waals surface area contributed by atoms with Crippen LogP contribution in [0.5, 0.6) is 0 Å². The molecule has 20 heavy (non-hydrogen) atoms. The van der Waals surface area contributed by atoms with E-state index >= 15 is 0 Å². The molecule has 0 spiro atoms. The van der Waals surface area contributed by atoms with Crippen LogP contribution in [-0.4, -0.2) is 11.5 Å². The second-order valence-corrected chi connectivity index (χ2v) is 6.09. The molecule has 1 aliphatic rings. The zero-order valence-corrected chi connectivity index (χ0v) is 12.3. The van der Waals surface area contributed by atoms with E-state index in [2.05, 4.69) is 54.5 Å². The highest BCUT2D eigenvalue weighted by atomic mass is 14.9. The molecule has 104 valence electrons. The first kappa shape index (κ1) is 13.2. The Balaban J connectivity index is 1.66. The second-order valence-electron chi connectivity index (χ2n) is 6.09. The minimum Gasteiger partial charge on any atom is -0.383 e. The van der Waals surface area contributed by atoms with Gasteiger partial charge in [0.25, 0.3) is 0 Å². The molecule has 2 unspecified atom stereocenters. The Morgan fingerprint density at radius 3 is 3.00 bits per heavy atom. The van der Waals surface area contributed by atoms with Crippen molar-refractivity contribution in [2.24, 2.45) is 11.8 Å². The van der Waals surface area contributed by atoms with Crippen LogP contribution in [0.2, 0.25) is 0 Å². The first-order valence-electron chi connectivity index (χ1n) is 7.46. The average Bonchev–Trinajstić information content (AvgIpc) is 2.44. The maximum atomic E-state index is 4.50. The number of nitrogens with one attached hydrogen (secondary N) is 1. The lowest BCUT2D eigenvalue weighted by molar-refractivity contribution is 0.421. The Labute approximate surface area is 120 Å². The van der Waals surface area contributed by atoms with Crippen molar-refractivity contribution in [3.8, 4) is 0 Å². The summed E-state index contributed by atoms with van der Waals surface area (Å²) < 4.78 is 0. The van der Waals surface area contributed by atoms with E-state index in [-0.39, 0.29) is 0 Å². The molecule has 1 aromatic carbocycles. The Kier molecular flexibility index (Phi) is 3.72. The number of para-hydroxylation sites is 1. The van der Waals surface area contributed by atoms with E-state index in [0.717, 1.165) is 23.7 Å². The quantitative estimate of drug-likeness (QED) is 0.819. The largest absolute Gasteiger partial charge is 0.383 e. The number of aromatic nitrogens is 1. The first-order valence-corrected chi connectivity index (χ1v) is 7.46. The number of rotatable bonds is 3. The molecule has 1 N–H and O–H groups in total. The van der Waals surface area contributed by atoms with Gasteiger partial charge in [0, 0.05) is 11.9 Å². The van der Waals surface area contributed by atoms with E-state index in [1.165, 1.54) is 23.8 Å². The van der Waals surface area contributed by atoms with Crippen LogP contribution in [-0.2, 0) is 0 Å². The van der Waals surface area contributed by atoms with E-state index < -0.39 is 0 Å². The van der Waals surface area contributed by atoms with Crippen LogP contribution >= 0.6 is 0 Å². The molecule has 0 amide bonds. The summed E-state index contributed by atoms with van der Waals surface area (Å²) in [4.78, 5) is 4.50. The van der Waals surface area contributed by atoms with Crippen LogP contribution in [0.4, 0.5) is 5.69 Å². The van der Waals surface area contributed by atoms with E-state index in [9.17, 15) is 0 Å². The van der Waals surface area contributed by atoms with Crippen LogP contribution in [0.25, 0.3) is 10.9 Å². The first-order chi connectivity index (χ1) is 9.70. The van der Waals surface area contributed by atoms with E-state index in [0.29, 0.717) is 5.92 Å². The van der Waals surface area contributed by atoms with Crippen LogP contribution in [0, 0.1) is 11.8 Å². The Morgan fingerprint density at radius 2 is 2.15 bits per heavy atom. The summed E-state index contributed by atoms with van der Waals surface area (Å²) >= 11 is 0. The lowest BCUT2D eigenvalue weighted by Crippen LogP contribution is -2.20. The fourth-order valence-electron chi connectivity index (χ4n) is 3.27. The average molecular weight is 266 g/mol. The molecule has 0 radical (unpaired) electrons. The van der Waals surface area contributed by atoms with Gasteiger partial charge in [-0.3, -0.25) is 4.98 Å². The summed E-state index contributed by atoms with van der Waals surface area (Å²) in [6.07, 6.45) is 6.86. The topological polar surface area (TPSA) is 24.9 Å². The molecule has 2 heteroatoms. The number of fused-ring (bicyclic) bond motifs is 1. The molecule has 1 aromatic heterocycles. The van der Waals surface area contributed by atoms with Gasteiger partial charge >= 0.3 is 0 Å². The van der Waals surface area contributed by atoms with E-state index in [4.69, 9.17) is 0 Å². The van der Waals surface area contributed by atoms with Crippen molar-refractivity contribution in [1.29, 1.82) is 0 Å². The number of allylic oxidation sites excluding steroid dienone is 2. The summed E-state index contributed by atoms with van der Waals surface area (Å²) in [5.41, 5.74) is 3.72. The van der Waals surface area contributed by atoms with Crippen molar-refractivity contribution >= 4 is 16.6 Å². The molecule has 2 aromatic rings. The highest BCUT2D eigenvalue weighted by Gasteiger charge is 2.17. The second kappa shape index (κ2) is 5.66. The van der Waals surface area contributed by atoms with E-state index in [1.54, 1.807) is 0 Å². The Bertz CT molecular complexity index is 630. The summed E-state index contributed by atoms with van der Waals surface area (Å²) in [6, 6.07) is 10.4. The SMILES string of the molecule is CC1=CC(C)CC(CNc2cnc3ccccc3c2)C1. The summed E-state index contributed by atoms with van der Waals surface area (Å²) in [7, 11) is 0. The standard InChI is InChI=1S/C18H22N2/c1-13-7-14(2)9-15(8-13)11-19-17-10-16-5-3-4-6-18(16)20-12-17/h3-7,10,12-13,15,19H,8-9,11H2,1-2H3. The third kappa shape index (κ3) is 3.01. The maximum absolute atomic E-state index is 4.50. The predicted molar refractivity (Wildman–Crippen MR) is 85.9 cm³/mol. The molecule has 1 aliphatic carbocycles. The lowest BCUT2D eigenvalue weighted by Gasteiger charge is -2.25. The minimum absolute atomic E-state index is 0.713. The summed E-state index contributed by atoms with van der Waals surface area (Å²) in [5, 5.41) is 4.76. The molecule has 0 saturated heterocycles. The van der Waals surface area contributed by atoms with Gasteiger partial charge in [-0.2, -0.15) is 0 Å². The van der Waals surface area contributed by atoms with Crippen molar-refractivity contribution in [3.05, 3.63) is 48.2 Å². The van der Waals surface area contributed by atoms with Crippen LogP contribution in [0.1, 0.15) is 26.7 Å². The molecule has 0 bridgehead atoms. The Morgan fingerprint density at radius 1 is 1.30 bits per heavy atom. The van der Waals surface area contributed by atoms with Crippen molar-refractivity contribution in [3.63, 3.8) is 0 Å². The van der Waals surface area contributed by atoms with Gasteiger partial charge in [0.1, 0.15) is 0 Å². The highest BCUT2D eigenvalue weighted by molar-refractivity contribution is 5.81. The van der Waals surface area contributed by atoms with Gasteiger partial charge in [-0.05, 0) is 43.7 Å². The summed E-state index contributed by atoms with van der Waals surface area (Å²) in [6.45, 7) is 5.60. The van der Waals surface area contributed by atoms with Crippen molar-refractivity contribution < 1.29 is 0 Å². The van der Waals surface area contributed by atoms with Crippen molar-refractivity contribution in [2.75, 3.05) is 11.9 Å². The molecule has 0 fully saturated rings. The molecule has 0 saturated carbocycles. The third-order valence-corrected chi connectivity index (χ3v) is 4.07. The molecule has 0 aliphatic heterocycles. The van der Waals surface area contributed by atoms with Gasteiger partial charge in [0.05, 0.1) is 17.4 Å². The fourth-order valence-corrected chi connectivity index (χ4v) is 3.27. The predicted octanol–water partition coefficient (Wildman–Crippen LogP) is 4.64. The number of nitrogens with zero attached hydrogens (tertiary/aromatic N) is 1. The van der Waals surface area contributed by atoms with E-state index in [1.807, 2.05) is 12.3 Å². The van der Waals surface area contributed by atoms with Gasteiger partial charge in [-0.25, -0.2) is 0 Å². The zero-order chi connectivity index (χ0) is 13.9. The molecular formula is C18H22N2. The van der Waals surface area contributed by atoms with Crippen LogP contribution in [0.15, 0.2) is 48.2 Å². The third-order valence-electron chi connectivity index (χ3n) is 4.07. The highest BCUT2D eigenvalue weighted by Crippen LogP contribution is 2.28. The van der Waals surface area contributed by atoms with Crippen LogP contribution < -0.4 is 5.32 Å². The normalized spacial score (nSPS) is 22.6. The van der Waals surface area contributed by atoms with Gasteiger partial charge in [-0.15, -0.1) is 0 Å². The number of pyridine rings is 1.